The summed E-state index contributed by atoms with van der Waals surface area (Å²) in [4.78, 5) is 0.967. The highest BCUT2D eigenvalue weighted by Crippen LogP contribution is 2.35. The molecule has 1 aliphatic carbocycles. The second kappa shape index (κ2) is 4.22. The maximum atomic E-state index is 13.0. The van der Waals surface area contributed by atoms with Gasteiger partial charge in [-0.25, -0.2) is 4.39 Å². The first-order valence-corrected chi connectivity index (χ1v) is 5.85. The number of halogens is 1. The molecule has 0 radical (unpaired) electrons. The molecule has 1 saturated carbocycles. The van der Waals surface area contributed by atoms with Gasteiger partial charge in [0.15, 0.2) is 0 Å². The third-order valence-corrected chi connectivity index (χ3v) is 3.81. The largest absolute Gasteiger partial charge is 0.399 e. The van der Waals surface area contributed by atoms with Crippen molar-refractivity contribution < 1.29 is 4.39 Å². The van der Waals surface area contributed by atoms with E-state index in [9.17, 15) is 4.39 Å². The maximum Gasteiger partial charge on any atom is 0.126 e. The summed E-state index contributed by atoms with van der Waals surface area (Å²) in [6.45, 7) is 0. The van der Waals surface area contributed by atoms with Crippen LogP contribution >= 0.6 is 11.8 Å². The molecule has 0 amide bonds. The first-order chi connectivity index (χ1) is 6.74. The van der Waals surface area contributed by atoms with Gasteiger partial charge in [-0.15, -0.1) is 11.8 Å². The SMILES string of the molecule is Nc1cc(F)cc(SC2CCCC2)c1. The van der Waals surface area contributed by atoms with E-state index in [1.54, 1.807) is 17.8 Å². The molecule has 0 spiro atoms. The lowest BCUT2D eigenvalue weighted by atomic mass is 10.3. The summed E-state index contributed by atoms with van der Waals surface area (Å²) >= 11 is 1.76. The number of hydrogen-bond acceptors (Lipinski definition) is 2. The van der Waals surface area contributed by atoms with Gasteiger partial charge in [-0.2, -0.15) is 0 Å². The highest BCUT2D eigenvalue weighted by atomic mass is 32.2. The van der Waals surface area contributed by atoms with Crippen LogP contribution in [-0.4, -0.2) is 5.25 Å². The van der Waals surface area contributed by atoms with Gasteiger partial charge in [0, 0.05) is 15.8 Å². The minimum atomic E-state index is -0.231. The molecule has 0 aromatic heterocycles. The molecule has 1 aromatic carbocycles. The lowest BCUT2D eigenvalue weighted by Gasteiger charge is -2.08. The Labute approximate surface area is 87.9 Å². The van der Waals surface area contributed by atoms with Gasteiger partial charge in [-0.1, -0.05) is 12.8 Å². The van der Waals surface area contributed by atoms with E-state index in [1.165, 1.54) is 31.7 Å². The van der Waals surface area contributed by atoms with Crippen LogP contribution in [0.3, 0.4) is 0 Å². The van der Waals surface area contributed by atoms with E-state index in [4.69, 9.17) is 5.73 Å². The van der Waals surface area contributed by atoms with Crippen molar-refractivity contribution in [3.8, 4) is 0 Å². The number of nitrogen functional groups attached to an aromatic ring is 1. The molecule has 1 aliphatic rings. The summed E-state index contributed by atoms with van der Waals surface area (Å²) in [6.07, 6.45) is 5.12. The summed E-state index contributed by atoms with van der Waals surface area (Å²) in [5, 5.41) is 0.663. The minimum Gasteiger partial charge on any atom is -0.399 e. The van der Waals surface area contributed by atoms with E-state index in [0.717, 1.165) is 4.90 Å². The second-order valence-corrected chi connectivity index (χ2v) is 5.12. The highest BCUT2D eigenvalue weighted by molar-refractivity contribution is 8.00. The Kier molecular flexibility index (Phi) is 2.96. The Morgan fingerprint density at radius 1 is 1.21 bits per heavy atom. The van der Waals surface area contributed by atoms with Gasteiger partial charge >= 0.3 is 0 Å². The Morgan fingerprint density at radius 3 is 2.57 bits per heavy atom. The Bertz CT molecular complexity index is 301. The molecule has 14 heavy (non-hydrogen) atoms. The number of hydrogen-bond donors (Lipinski definition) is 1. The summed E-state index contributed by atoms with van der Waals surface area (Å²) in [5.74, 6) is -0.231. The molecule has 0 saturated heterocycles. The molecule has 1 aromatic rings. The van der Waals surface area contributed by atoms with Crippen LogP contribution in [-0.2, 0) is 0 Å². The number of nitrogens with two attached hydrogens (primary N) is 1. The van der Waals surface area contributed by atoms with Gasteiger partial charge in [0.05, 0.1) is 0 Å². The van der Waals surface area contributed by atoms with Gasteiger partial charge in [-0.3, -0.25) is 0 Å². The fourth-order valence-corrected chi connectivity index (χ4v) is 3.19. The topological polar surface area (TPSA) is 26.0 Å². The van der Waals surface area contributed by atoms with Gasteiger partial charge in [0.25, 0.3) is 0 Å². The molecule has 1 fully saturated rings. The zero-order chi connectivity index (χ0) is 9.97. The lowest BCUT2D eigenvalue weighted by Crippen LogP contribution is -1.94. The fourth-order valence-electron chi connectivity index (χ4n) is 1.85. The van der Waals surface area contributed by atoms with E-state index in [0.29, 0.717) is 10.9 Å². The quantitative estimate of drug-likeness (QED) is 0.758. The van der Waals surface area contributed by atoms with Crippen molar-refractivity contribution in [1.29, 1.82) is 0 Å². The molecule has 0 bridgehead atoms. The minimum absolute atomic E-state index is 0.231. The molecule has 0 aliphatic heterocycles. The molecule has 2 rings (SSSR count). The molecular formula is C11H14FNS. The van der Waals surface area contributed by atoms with Crippen molar-refractivity contribution in [1.82, 2.24) is 0 Å². The summed E-state index contributed by atoms with van der Waals surface area (Å²) < 4.78 is 13.0. The Balaban J connectivity index is 2.07. The predicted molar refractivity (Wildman–Crippen MR) is 58.9 cm³/mol. The van der Waals surface area contributed by atoms with E-state index in [2.05, 4.69) is 0 Å². The third kappa shape index (κ3) is 2.41. The van der Waals surface area contributed by atoms with Crippen LogP contribution in [0.4, 0.5) is 10.1 Å². The van der Waals surface area contributed by atoms with Crippen LogP contribution in [0.1, 0.15) is 25.7 Å². The van der Waals surface area contributed by atoms with Crippen LogP contribution in [0.15, 0.2) is 23.1 Å². The monoisotopic (exact) mass is 211 g/mol. The average molecular weight is 211 g/mol. The molecule has 2 N–H and O–H groups in total. The van der Waals surface area contributed by atoms with Crippen molar-refractivity contribution in [2.24, 2.45) is 0 Å². The highest BCUT2D eigenvalue weighted by Gasteiger charge is 2.16. The van der Waals surface area contributed by atoms with Gasteiger partial charge < -0.3 is 5.73 Å². The van der Waals surface area contributed by atoms with Crippen LogP contribution < -0.4 is 5.73 Å². The molecule has 3 heteroatoms. The van der Waals surface area contributed by atoms with Crippen molar-refractivity contribution in [3.05, 3.63) is 24.0 Å². The van der Waals surface area contributed by atoms with Crippen LogP contribution in [0.2, 0.25) is 0 Å². The standard InChI is InChI=1S/C11H14FNS/c12-8-5-9(13)7-11(6-8)14-10-3-1-2-4-10/h5-7,10H,1-4,13H2. The molecule has 0 unspecified atom stereocenters. The van der Waals surface area contributed by atoms with Gasteiger partial charge in [0.1, 0.15) is 5.82 Å². The number of anilines is 1. The van der Waals surface area contributed by atoms with Crippen LogP contribution in [0.25, 0.3) is 0 Å². The average Bonchev–Trinajstić information content (AvgIpc) is 2.54. The first kappa shape index (κ1) is 9.84. The molecule has 76 valence electrons. The molecule has 1 nitrogen and oxygen atoms in total. The molecular weight excluding hydrogens is 197 g/mol. The normalized spacial score (nSPS) is 17.5. The fraction of sp³-hybridized carbons (Fsp3) is 0.455. The van der Waals surface area contributed by atoms with Gasteiger partial charge in [0.2, 0.25) is 0 Å². The smallest absolute Gasteiger partial charge is 0.126 e. The summed E-state index contributed by atoms with van der Waals surface area (Å²) in [5.41, 5.74) is 6.10. The van der Waals surface area contributed by atoms with Crippen LogP contribution in [0, 0.1) is 5.82 Å². The van der Waals surface area contributed by atoms with Crippen molar-refractivity contribution in [2.45, 2.75) is 35.8 Å². The van der Waals surface area contributed by atoms with Crippen molar-refractivity contribution in [2.75, 3.05) is 5.73 Å². The van der Waals surface area contributed by atoms with E-state index >= 15 is 0 Å². The van der Waals surface area contributed by atoms with Crippen molar-refractivity contribution in [3.63, 3.8) is 0 Å². The van der Waals surface area contributed by atoms with Crippen LogP contribution in [0.5, 0.6) is 0 Å². The summed E-state index contributed by atoms with van der Waals surface area (Å²) in [7, 11) is 0. The van der Waals surface area contributed by atoms with E-state index in [-0.39, 0.29) is 5.82 Å². The zero-order valence-corrected chi connectivity index (χ0v) is 8.82. The third-order valence-electron chi connectivity index (χ3n) is 2.50. The number of rotatable bonds is 2. The number of thioether (sulfide) groups is 1. The maximum absolute atomic E-state index is 13.0. The van der Waals surface area contributed by atoms with E-state index in [1.807, 2.05) is 6.07 Å². The van der Waals surface area contributed by atoms with Crippen molar-refractivity contribution >= 4 is 17.4 Å². The molecule has 0 atom stereocenters. The Hall–Kier alpha value is -0.700. The van der Waals surface area contributed by atoms with E-state index < -0.39 is 0 Å². The zero-order valence-electron chi connectivity index (χ0n) is 8.00. The second-order valence-electron chi connectivity index (χ2n) is 3.74. The first-order valence-electron chi connectivity index (χ1n) is 4.97. The predicted octanol–water partition coefficient (Wildman–Crippen LogP) is 3.44. The summed E-state index contributed by atoms with van der Waals surface area (Å²) in [6, 6.07) is 4.78. The Morgan fingerprint density at radius 2 is 1.93 bits per heavy atom. The lowest BCUT2D eigenvalue weighted by molar-refractivity contribution is 0.625. The molecule has 0 heterocycles. The number of benzene rings is 1. The van der Waals surface area contributed by atoms with Gasteiger partial charge in [-0.05, 0) is 31.0 Å².